The smallest absolute Gasteiger partial charge is 0.227 e. The fraction of sp³-hybridized carbons (Fsp3) is 0.450. The number of hydrogen-bond acceptors (Lipinski definition) is 4. The Balaban J connectivity index is 1.64. The normalized spacial score (nSPS) is 15.5. The quantitative estimate of drug-likeness (QED) is 0.853. The molecule has 1 aliphatic carbocycles. The number of nitrogens with one attached hydrogen (secondary N) is 2. The van der Waals surface area contributed by atoms with Crippen LogP contribution in [0.4, 0.5) is 11.5 Å². The monoisotopic (exact) mass is 338 g/mol. The van der Waals surface area contributed by atoms with Crippen molar-refractivity contribution in [3.8, 4) is 0 Å². The molecule has 0 radical (unpaired) electrons. The van der Waals surface area contributed by atoms with Crippen LogP contribution in [0.5, 0.6) is 0 Å². The Kier molecular flexibility index (Phi) is 4.75. The SMILES string of the molecule is CC(Nc1ccnc(C(C)(C)C)n1)c1ccc(NC(=O)C2CC2)cc1. The Hall–Kier alpha value is -2.43. The molecule has 132 valence electrons. The van der Waals surface area contributed by atoms with Crippen LogP contribution in [0.25, 0.3) is 0 Å². The van der Waals surface area contributed by atoms with Crippen LogP contribution < -0.4 is 10.6 Å². The van der Waals surface area contributed by atoms with Gasteiger partial charge in [0.2, 0.25) is 5.91 Å². The van der Waals surface area contributed by atoms with E-state index in [1.54, 1.807) is 6.20 Å². The zero-order chi connectivity index (χ0) is 18.0. The maximum absolute atomic E-state index is 11.8. The minimum atomic E-state index is -0.0810. The molecular formula is C20H26N4O. The van der Waals surface area contributed by atoms with E-state index in [1.165, 1.54) is 0 Å². The maximum atomic E-state index is 11.8. The fourth-order valence-corrected chi connectivity index (χ4v) is 2.55. The van der Waals surface area contributed by atoms with Crippen LogP contribution in [0.2, 0.25) is 0 Å². The van der Waals surface area contributed by atoms with Crippen LogP contribution in [0, 0.1) is 5.92 Å². The van der Waals surface area contributed by atoms with Gasteiger partial charge in [-0.05, 0) is 43.5 Å². The predicted octanol–water partition coefficient (Wildman–Crippen LogP) is 4.30. The Labute approximate surface area is 149 Å². The van der Waals surface area contributed by atoms with Gasteiger partial charge in [-0.2, -0.15) is 0 Å². The Morgan fingerprint density at radius 3 is 2.44 bits per heavy atom. The Morgan fingerprint density at radius 2 is 1.84 bits per heavy atom. The zero-order valence-electron chi connectivity index (χ0n) is 15.3. The molecule has 2 aromatic rings. The minimum Gasteiger partial charge on any atom is -0.363 e. The number of hydrogen-bond donors (Lipinski definition) is 2. The third-order valence-corrected chi connectivity index (χ3v) is 4.32. The van der Waals surface area contributed by atoms with Crippen LogP contribution in [-0.2, 0) is 10.2 Å². The maximum Gasteiger partial charge on any atom is 0.227 e. The molecule has 1 unspecified atom stereocenters. The van der Waals surface area contributed by atoms with Gasteiger partial charge < -0.3 is 10.6 Å². The summed E-state index contributed by atoms with van der Waals surface area (Å²) in [5.41, 5.74) is 1.91. The van der Waals surface area contributed by atoms with Crippen molar-refractivity contribution in [2.24, 2.45) is 5.92 Å². The standard InChI is InChI=1S/C20H26N4O/c1-13(22-17-11-12-21-19(24-17)20(2,3)4)14-7-9-16(10-8-14)23-18(25)15-5-6-15/h7-13,15H,5-6H2,1-4H3,(H,23,25)(H,21,22,24). The van der Waals surface area contributed by atoms with Gasteiger partial charge in [-0.25, -0.2) is 9.97 Å². The van der Waals surface area contributed by atoms with Gasteiger partial charge in [-0.15, -0.1) is 0 Å². The molecule has 0 saturated heterocycles. The van der Waals surface area contributed by atoms with Gasteiger partial charge in [0.25, 0.3) is 0 Å². The van der Waals surface area contributed by atoms with Crippen molar-refractivity contribution in [3.63, 3.8) is 0 Å². The van der Waals surface area contributed by atoms with E-state index in [9.17, 15) is 4.79 Å². The van der Waals surface area contributed by atoms with Crippen molar-refractivity contribution in [2.75, 3.05) is 10.6 Å². The summed E-state index contributed by atoms with van der Waals surface area (Å²) in [5.74, 6) is 1.99. The second-order valence-corrected chi connectivity index (χ2v) is 7.77. The van der Waals surface area contributed by atoms with Gasteiger partial charge in [0.05, 0.1) is 0 Å². The van der Waals surface area contributed by atoms with E-state index >= 15 is 0 Å². The molecule has 1 fully saturated rings. The molecule has 25 heavy (non-hydrogen) atoms. The molecule has 3 rings (SSSR count). The van der Waals surface area contributed by atoms with Gasteiger partial charge >= 0.3 is 0 Å². The number of rotatable bonds is 5. The third-order valence-electron chi connectivity index (χ3n) is 4.32. The second kappa shape index (κ2) is 6.82. The highest BCUT2D eigenvalue weighted by molar-refractivity contribution is 5.94. The van der Waals surface area contributed by atoms with E-state index in [1.807, 2.05) is 30.3 Å². The second-order valence-electron chi connectivity index (χ2n) is 7.77. The molecule has 1 aliphatic rings. The lowest BCUT2D eigenvalue weighted by atomic mass is 9.96. The minimum absolute atomic E-state index is 0.0810. The average molecular weight is 338 g/mol. The molecule has 5 nitrogen and oxygen atoms in total. The highest BCUT2D eigenvalue weighted by atomic mass is 16.2. The third kappa shape index (κ3) is 4.56. The van der Waals surface area contributed by atoms with Crippen molar-refractivity contribution in [1.29, 1.82) is 0 Å². The largest absolute Gasteiger partial charge is 0.363 e. The summed E-state index contributed by atoms with van der Waals surface area (Å²) < 4.78 is 0. The molecule has 1 amide bonds. The van der Waals surface area contributed by atoms with Crippen molar-refractivity contribution >= 4 is 17.4 Å². The lowest BCUT2D eigenvalue weighted by Gasteiger charge is -2.19. The van der Waals surface area contributed by atoms with Gasteiger partial charge in [0.1, 0.15) is 11.6 Å². The molecule has 1 saturated carbocycles. The molecule has 0 aliphatic heterocycles. The van der Waals surface area contributed by atoms with Crippen molar-refractivity contribution < 1.29 is 4.79 Å². The average Bonchev–Trinajstić information content (AvgIpc) is 3.40. The van der Waals surface area contributed by atoms with Gasteiger partial charge in [0, 0.05) is 29.3 Å². The lowest BCUT2D eigenvalue weighted by Crippen LogP contribution is -2.17. The van der Waals surface area contributed by atoms with Gasteiger partial charge in [-0.1, -0.05) is 32.9 Å². The first-order valence-electron chi connectivity index (χ1n) is 8.84. The lowest BCUT2D eigenvalue weighted by molar-refractivity contribution is -0.117. The highest BCUT2D eigenvalue weighted by Gasteiger charge is 2.29. The molecule has 2 N–H and O–H groups in total. The Morgan fingerprint density at radius 1 is 1.16 bits per heavy atom. The van der Waals surface area contributed by atoms with Crippen molar-refractivity contribution in [2.45, 2.75) is 52.0 Å². The first kappa shape index (κ1) is 17.4. The molecule has 1 heterocycles. The summed E-state index contributed by atoms with van der Waals surface area (Å²) in [6.45, 7) is 8.40. The predicted molar refractivity (Wildman–Crippen MR) is 101 cm³/mol. The zero-order valence-corrected chi connectivity index (χ0v) is 15.3. The number of carbonyl (C=O) groups is 1. The van der Waals surface area contributed by atoms with Crippen LogP contribution in [-0.4, -0.2) is 15.9 Å². The van der Waals surface area contributed by atoms with E-state index in [2.05, 4.69) is 48.3 Å². The summed E-state index contributed by atoms with van der Waals surface area (Å²) in [5, 5.41) is 6.38. The molecule has 5 heteroatoms. The molecule has 1 aromatic heterocycles. The number of carbonyl (C=O) groups excluding carboxylic acids is 1. The summed E-state index contributed by atoms with van der Waals surface area (Å²) in [7, 11) is 0. The molecule has 0 spiro atoms. The number of anilines is 2. The van der Waals surface area contributed by atoms with E-state index < -0.39 is 0 Å². The molecule has 1 atom stereocenters. The summed E-state index contributed by atoms with van der Waals surface area (Å²) in [6, 6.07) is 9.97. The molecule has 1 aromatic carbocycles. The first-order chi connectivity index (χ1) is 11.8. The fourth-order valence-electron chi connectivity index (χ4n) is 2.55. The summed E-state index contributed by atoms with van der Waals surface area (Å²) in [4.78, 5) is 20.8. The summed E-state index contributed by atoms with van der Waals surface area (Å²) >= 11 is 0. The van der Waals surface area contributed by atoms with Gasteiger partial charge in [-0.3, -0.25) is 4.79 Å². The topological polar surface area (TPSA) is 66.9 Å². The van der Waals surface area contributed by atoms with E-state index in [-0.39, 0.29) is 23.3 Å². The molecule has 0 bridgehead atoms. The number of aromatic nitrogens is 2. The summed E-state index contributed by atoms with van der Waals surface area (Å²) in [6.07, 6.45) is 3.82. The Bertz CT molecular complexity index is 745. The van der Waals surface area contributed by atoms with Crippen LogP contribution in [0.1, 0.15) is 58.0 Å². The van der Waals surface area contributed by atoms with E-state index in [0.29, 0.717) is 0 Å². The van der Waals surface area contributed by atoms with E-state index in [4.69, 9.17) is 0 Å². The van der Waals surface area contributed by atoms with Crippen molar-refractivity contribution in [3.05, 3.63) is 47.9 Å². The highest BCUT2D eigenvalue weighted by Crippen LogP contribution is 2.30. The van der Waals surface area contributed by atoms with Gasteiger partial charge in [0.15, 0.2) is 0 Å². The number of benzene rings is 1. The first-order valence-corrected chi connectivity index (χ1v) is 8.84. The van der Waals surface area contributed by atoms with Crippen LogP contribution in [0.3, 0.4) is 0 Å². The number of amides is 1. The van der Waals surface area contributed by atoms with E-state index in [0.717, 1.165) is 35.7 Å². The van der Waals surface area contributed by atoms with Crippen molar-refractivity contribution in [1.82, 2.24) is 9.97 Å². The number of nitrogens with zero attached hydrogens (tertiary/aromatic N) is 2. The van der Waals surface area contributed by atoms with Crippen LogP contribution in [0.15, 0.2) is 36.5 Å². The van der Waals surface area contributed by atoms with Crippen LogP contribution >= 0.6 is 0 Å². The molecular weight excluding hydrogens is 312 g/mol.